The lowest BCUT2D eigenvalue weighted by atomic mass is 10.1. The predicted octanol–water partition coefficient (Wildman–Crippen LogP) is 1.60. The number of aliphatic hydroxyl groups excluding tert-OH is 1. The van der Waals surface area contributed by atoms with Crippen molar-refractivity contribution >= 4 is 11.3 Å². The Morgan fingerprint density at radius 2 is 2.31 bits per heavy atom. The van der Waals surface area contributed by atoms with Crippen LogP contribution in [0.1, 0.15) is 12.0 Å². The van der Waals surface area contributed by atoms with Crippen molar-refractivity contribution in [2.24, 2.45) is 0 Å². The molecule has 0 radical (unpaired) electrons. The van der Waals surface area contributed by atoms with Crippen molar-refractivity contribution in [3.63, 3.8) is 0 Å². The molecule has 13 heavy (non-hydrogen) atoms. The first kappa shape index (κ1) is 10.7. The highest BCUT2D eigenvalue weighted by Crippen LogP contribution is 2.09. The number of rotatable bonds is 5. The van der Waals surface area contributed by atoms with Gasteiger partial charge in [0.25, 0.3) is 0 Å². The van der Waals surface area contributed by atoms with E-state index in [2.05, 4.69) is 16.8 Å². The van der Waals surface area contributed by atoms with Crippen molar-refractivity contribution in [1.82, 2.24) is 4.90 Å². The van der Waals surface area contributed by atoms with Gasteiger partial charge in [0.1, 0.15) is 0 Å². The molecular weight excluding hydrogens is 182 g/mol. The zero-order chi connectivity index (χ0) is 9.68. The summed E-state index contributed by atoms with van der Waals surface area (Å²) in [5.41, 5.74) is 1.34. The molecule has 1 atom stereocenters. The summed E-state index contributed by atoms with van der Waals surface area (Å²) in [6, 6.07) is 2.12. The lowest BCUT2D eigenvalue weighted by Gasteiger charge is -2.15. The maximum Gasteiger partial charge on any atom is 0.0670 e. The molecule has 1 unspecified atom stereocenters. The normalized spacial score (nSPS) is 13.5. The Hall–Kier alpha value is -0.380. The van der Waals surface area contributed by atoms with Crippen LogP contribution in [-0.2, 0) is 6.42 Å². The van der Waals surface area contributed by atoms with Crippen molar-refractivity contribution in [3.8, 4) is 0 Å². The van der Waals surface area contributed by atoms with Crippen LogP contribution in [0.15, 0.2) is 16.8 Å². The van der Waals surface area contributed by atoms with E-state index in [0.717, 1.165) is 19.4 Å². The van der Waals surface area contributed by atoms with E-state index in [-0.39, 0.29) is 6.10 Å². The van der Waals surface area contributed by atoms with E-state index in [9.17, 15) is 5.11 Å². The molecule has 0 fully saturated rings. The molecule has 0 aliphatic heterocycles. The molecule has 1 aromatic rings. The summed E-state index contributed by atoms with van der Waals surface area (Å²) in [6.45, 7) is 0.754. The molecule has 0 spiro atoms. The van der Waals surface area contributed by atoms with Gasteiger partial charge < -0.3 is 10.0 Å². The van der Waals surface area contributed by atoms with Crippen molar-refractivity contribution in [3.05, 3.63) is 22.4 Å². The Morgan fingerprint density at radius 1 is 1.54 bits per heavy atom. The topological polar surface area (TPSA) is 23.5 Å². The highest BCUT2D eigenvalue weighted by Gasteiger charge is 2.05. The van der Waals surface area contributed by atoms with Crippen LogP contribution in [0.4, 0.5) is 0 Å². The molecule has 1 rings (SSSR count). The molecule has 0 aromatic carbocycles. The number of nitrogens with zero attached hydrogens (tertiary/aromatic N) is 1. The average Bonchev–Trinajstić information content (AvgIpc) is 2.51. The van der Waals surface area contributed by atoms with Crippen molar-refractivity contribution in [2.75, 3.05) is 20.6 Å². The number of aliphatic hydroxyl groups is 1. The fourth-order valence-electron chi connectivity index (χ4n) is 1.28. The van der Waals surface area contributed by atoms with Gasteiger partial charge in [0.2, 0.25) is 0 Å². The van der Waals surface area contributed by atoms with Gasteiger partial charge in [0.05, 0.1) is 6.10 Å². The van der Waals surface area contributed by atoms with Crippen LogP contribution in [0.2, 0.25) is 0 Å². The van der Waals surface area contributed by atoms with Gasteiger partial charge in [0, 0.05) is 6.54 Å². The van der Waals surface area contributed by atoms with Gasteiger partial charge in [-0.2, -0.15) is 11.3 Å². The summed E-state index contributed by atoms with van der Waals surface area (Å²) in [5.74, 6) is 0. The van der Waals surface area contributed by atoms with Gasteiger partial charge >= 0.3 is 0 Å². The molecule has 0 aliphatic carbocycles. The second-order valence-electron chi connectivity index (χ2n) is 3.59. The minimum absolute atomic E-state index is 0.199. The van der Waals surface area contributed by atoms with Crippen LogP contribution in [0, 0.1) is 0 Å². The predicted molar refractivity (Wildman–Crippen MR) is 57.2 cm³/mol. The van der Waals surface area contributed by atoms with Crippen molar-refractivity contribution < 1.29 is 5.11 Å². The number of likely N-dealkylation sites (N-methyl/N-ethyl adjacent to an activating group) is 1. The summed E-state index contributed by atoms with van der Waals surface area (Å²) in [6.07, 6.45) is 1.64. The number of thiophene rings is 1. The second kappa shape index (κ2) is 5.37. The fraction of sp³-hybridized carbons (Fsp3) is 0.600. The van der Waals surface area contributed by atoms with E-state index in [4.69, 9.17) is 0 Å². The zero-order valence-electron chi connectivity index (χ0n) is 8.23. The molecule has 0 saturated heterocycles. The minimum Gasteiger partial charge on any atom is -0.392 e. The molecule has 2 nitrogen and oxygen atoms in total. The van der Waals surface area contributed by atoms with Crippen LogP contribution in [-0.4, -0.2) is 36.8 Å². The third kappa shape index (κ3) is 4.41. The second-order valence-corrected chi connectivity index (χ2v) is 4.37. The molecule has 1 aromatic heterocycles. The Morgan fingerprint density at radius 3 is 2.85 bits per heavy atom. The van der Waals surface area contributed by atoms with Crippen LogP contribution < -0.4 is 0 Å². The first-order chi connectivity index (χ1) is 6.18. The maximum atomic E-state index is 9.58. The molecule has 0 bridgehead atoms. The van der Waals surface area contributed by atoms with Gasteiger partial charge in [-0.15, -0.1) is 0 Å². The number of hydrogen-bond donors (Lipinski definition) is 1. The van der Waals surface area contributed by atoms with Crippen molar-refractivity contribution in [1.29, 1.82) is 0 Å². The van der Waals surface area contributed by atoms with E-state index in [1.165, 1.54) is 5.56 Å². The van der Waals surface area contributed by atoms with E-state index in [0.29, 0.717) is 0 Å². The average molecular weight is 199 g/mol. The van der Waals surface area contributed by atoms with E-state index in [1.54, 1.807) is 11.3 Å². The molecule has 74 valence electrons. The van der Waals surface area contributed by atoms with Crippen LogP contribution in [0.5, 0.6) is 0 Å². The Balaban J connectivity index is 2.19. The summed E-state index contributed by atoms with van der Waals surface area (Å²) < 4.78 is 0. The Bertz CT molecular complexity index is 221. The summed E-state index contributed by atoms with van der Waals surface area (Å²) in [7, 11) is 3.96. The largest absolute Gasteiger partial charge is 0.392 e. The van der Waals surface area contributed by atoms with E-state index < -0.39 is 0 Å². The lowest BCUT2D eigenvalue weighted by molar-refractivity contribution is 0.128. The lowest BCUT2D eigenvalue weighted by Crippen LogP contribution is -2.26. The zero-order valence-corrected chi connectivity index (χ0v) is 9.05. The molecule has 0 saturated carbocycles. The number of hydrogen-bond acceptors (Lipinski definition) is 3. The number of aryl methyl sites for hydroxylation is 1. The van der Waals surface area contributed by atoms with Gasteiger partial charge in [-0.3, -0.25) is 0 Å². The van der Waals surface area contributed by atoms with Crippen LogP contribution in [0.25, 0.3) is 0 Å². The minimum atomic E-state index is -0.199. The summed E-state index contributed by atoms with van der Waals surface area (Å²) in [5, 5.41) is 13.8. The third-order valence-corrected chi connectivity index (χ3v) is 2.65. The van der Waals surface area contributed by atoms with E-state index in [1.807, 2.05) is 19.0 Å². The fourth-order valence-corrected chi connectivity index (χ4v) is 1.98. The molecule has 0 aliphatic rings. The molecule has 1 N–H and O–H groups in total. The van der Waals surface area contributed by atoms with Gasteiger partial charge in [-0.05, 0) is 49.3 Å². The first-order valence-corrected chi connectivity index (χ1v) is 5.46. The molecule has 0 amide bonds. The smallest absolute Gasteiger partial charge is 0.0670 e. The first-order valence-electron chi connectivity index (χ1n) is 4.52. The highest BCUT2D eigenvalue weighted by atomic mass is 32.1. The molecule has 1 heterocycles. The van der Waals surface area contributed by atoms with Crippen LogP contribution in [0.3, 0.4) is 0 Å². The standard InChI is InChI=1S/C10H17NOS/c1-11(2)7-10(12)4-3-9-5-6-13-8-9/h5-6,8,10,12H,3-4,7H2,1-2H3. The van der Waals surface area contributed by atoms with Crippen LogP contribution >= 0.6 is 11.3 Å². The molecule has 3 heteroatoms. The Labute approximate surface area is 83.8 Å². The Kier molecular flexibility index (Phi) is 4.42. The third-order valence-electron chi connectivity index (χ3n) is 1.92. The quantitative estimate of drug-likeness (QED) is 0.778. The monoisotopic (exact) mass is 199 g/mol. The summed E-state index contributed by atoms with van der Waals surface area (Å²) in [4.78, 5) is 2.01. The maximum absolute atomic E-state index is 9.58. The summed E-state index contributed by atoms with van der Waals surface area (Å²) >= 11 is 1.71. The highest BCUT2D eigenvalue weighted by molar-refractivity contribution is 7.07. The SMILES string of the molecule is CN(C)CC(O)CCc1ccsc1. The van der Waals surface area contributed by atoms with Gasteiger partial charge in [-0.1, -0.05) is 0 Å². The van der Waals surface area contributed by atoms with Gasteiger partial charge in [-0.25, -0.2) is 0 Å². The molecular formula is C10H17NOS. The van der Waals surface area contributed by atoms with E-state index >= 15 is 0 Å². The van der Waals surface area contributed by atoms with Gasteiger partial charge in [0.15, 0.2) is 0 Å². The van der Waals surface area contributed by atoms with Crippen molar-refractivity contribution in [2.45, 2.75) is 18.9 Å².